The zero-order chi connectivity index (χ0) is 15.1. The highest BCUT2D eigenvalue weighted by atomic mass is 16.3. The van der Waals surface area contributed by atoms with Crippen molar-refractivity contribution in [3.05, 3.63) is 35.9 Å². The van der Waals surface area contributed by atoms with Crippen molar-refractivity contribution in [1.82, 2.24) is 5.32 Å². The molecule has 0 spiro atoms. The molecule has 118 valence electrons. The maximum absolute atomic E-state index is 9.67. The predicted molar refractivity (Wildman–Crippen MR) is 89.4 cm³/mol. The van der Waals surface area contributed by atoms with Gasteiger partial charge >= 0.3 is 0 Å². The second-order valence-corrected chi connectivity index (χ2v) is 7.09. The smallest absolute Gasteiger partial charge is 0.0587 e. The van der Waals surface area contributed by atoms with Crippen LogP contribution in [0.25, 0.3) is 0 Å². The fourth-order valence-electron chi connectivity index (χ4n) is 3.73. The lowest BCUT2D eigenvalue weighted by atomic mass is 9.81. The van der Waals surface area contributed by atoms with Crippen molar-refractivity contribution in [3.63, 3.8) is 0 Å². The van der Waals surface area contributed by atoms with E-state index in [4.69, 9.17) is 0 Å². The third kappa shape index (κ3) is 5.80. The van der Waals surface area contributed by atoms with Crippen LogP contribution in [-0.2, 0) is 6.42 Å². The summed E-state index contributed by atoms with van der Waals surface area (Å²) in [6, 6.07) is 11.3. The Morgan fingerprint density at radius 2 is 1.95 bits per heavy atom. The van der Waals surface area contributed by atoms with Crippen LogP contribution in [0.2, 0.25) is 0 Å². The second kappa shape index (κ2) is 8.55. The van der Waals surface area contributed by atoms with E-state index in [-0.39, 0.29) is 12.6 Å². The minimum absolute atomic E-state index is 0.190. The summed E-state index contributed by atoms with van der Waals surface area (Å²) in [7, 11) is 0. The normalized spacial score (nSPS) is 24.2. The third-order valence-electron chi connectivity index (χ3n) is 4.60. The minimum Gasteiger partial charge on any atom is -0.395 e. The molecule has 0 heterocycles. The Labute approximate surface area is 130 Å². The highest BCUT2D eigenvalue weighted by Gasteiger charge is 2.24. The van der Waals surface area contributed by atoms with Gasteiger partial charge in [0, 0.05) is 12.1 Å². The molecule has 0 saturated heterocycles. The summed E-state index contributed by atoms with van der Waals surface area (Å²) < 4.78 is 0. The Hall–Kier alpha value is -0.860. The largest absolute Gasteiger partial charge is 0.395 e. The number of rotatable bonds is 7. The molecule has 0 aliphatic heterocycles. The molecule has 0 bridgehead atoms. The van der Waals surface area contributed by atoms with E-state index < -0.39 is 0 Å². The summed E-state index contributed by atoms with van der Waals surface area (Å²) >= 11 is 0. The van der Waals surface area contributed by atoms with Gasteiger partial charge in [-0.25, -0.2) is 0 Å². The highest BCUT2D eigenvalue weighted by molar-refractivity contribution is 5.16. The lowest BCUT2D eigenvalue weighted by Crippen LogP contribution is -2.44. The van der Waals surface area contributed by atoms with Gasteiger partial charge in [-0.15, -0.1) is 0 Å². The van der Waals surface area contributed by atoms with E-state index in [1.54, 1.807) is 0 Å². The highest BCUT2D eigenvalue weighted by Crippen LogP contribution is 2.29. The molecule has 2 nitrogen and oxygen atoms in total. The molecule has 0 amide bonds. The lowest BCUT2D eigenvalue weighted by Gasteiger charge is -2.33. The van der Waals surface area contributed by atoms with Gasteiger partial charge in [-0.2, -0.15) is 0 Å². The number of hydrogen-bond acceptors (Lipinski definition) is 2. The van der Waals surface area contributed by atoms with Gasteiger partial charge in [0.05, 0.1) is 6.61 Å². The van der Waals surface area contributed by atoms with Crippen LogP contribution in [0.15, 0.2) is 30.3 Å². The molecule has 2 unspecified atom stereocenters. The minimum atomic E-state index is 0.190. The molecule has 1 saturated carbocycles. The number of benzene rings is 1. The number of nitrogens with one attached hydrogen (secondary N) is 1. The Kier molecular flexibility index (Phi) is 6.72. The van der Waals surface area contributed by atoms with Crippen molar-refractivity contribution < 1.29 is 5.11 Å². The summed E-state index contributed by atoms with van der Waals surface area (Å²) in [5, 5.41) is 13.4. The fourth-order valence-corrected chi connectivity index (χ4v) is 3.73. The van der Waals surface area contributed by atoms with Gasteiger partial charge < -0.3 is 10.4 Å². The summed E-state index contributed by atoms with van der Waals surface area (Å²) in [4.78, 5) is 0. The second-order valence-electron chi connectivity index (χ2n) is 7.09. The molecule has 3 atom stereocenters. The van der Waals surface area contributed by atoms with Crippen molar-refractivity contribution in [2.45, 2.75) is 64.5 Å². The van der Waals surface area contributed by atoms with Gasteiger partial charge in [-0.3, -0.25) is 0 Å². The van der Waals surface area contributed by atoms with Crippen molar-refractivity contribution >= 4 is 0 Å². The molecule has 0 aromatic heterocycles. The maximum atomic E-state index is 9.67. The van der Waals surface area contributed by atoms with Crippen LogP contribution < -0.4 is 5.32 Å². The van der Waals surface area contributed by atoms with Gasteiger partial charge in [0.25, 0.3) is 0 Å². The van der Waals surface area contributed by atoms with E-state index in [9.17, 15) is 5.11 Å². The van der Waals surface area contributed by atoms with Crippen LogP contribution in [0.1, 0.15) is 51.5 Å². The standard InChI is InChI=1S/C19H31NO/c1-15(2)11-17-9-6-10-18(13-17)20-19(14-21)12-16-7-4-3-5-8-16/h3-5,7-8,15,17-21H,6,9-14H2,1-2H3/t17?,18?,19-/m0/s1. The zero-order valence-corrected chi connectivity index (χ0v) is 13.6. The molecule has 0 radical (unpaired) electrons. The molecule has 21 heavy (non-hydrogen) atoms. The van der Waals surface area contributed by atoms with Gasteiger partial charge in [-0.1, -0.05) is 57.0 Å². The SMILES string of the molecule is CC(C)CC1CCCC(N[C@H](CO)Cc2ccccc2)C1. The van der Waals surface area contributed by atoms with Crippen LogP contribution in [0, 0.1) is 11.8 Å². The first-order valence-corrected chi connectivity index (χ1v) is 8.58. The zero-order valence-electron chi connectivity index (χ0n) is 13.6. The Balaban J connectivity index is 1.83. The average molecular weight is 289 g/mol. The molecule has 1 aliphatic carbocycles. The number of hydrogen-bond donors (Lipinski definition) is 2. The first-order valence-electron chi connectivity index (χ1n) is 8.58. The maximum Gasteiger partial charge on any atom is 0.0587 e. The van der Waals surface area contributed by atoms with Gasteiger partial charge in [0.1, 0.15) is 0 Å². The molecule has 1 aromatic rings. The van der Waals surface area contributed by atoms with E-state index in [2.05, 4.69) is 43.4 Å². The molecular weight excluding hydrogens is 258 g/mol. The van der Waals surface area contributed by atoms with Crippen molar-refractivity contribution in [3.8, 4) is 0 Å². The third-order valence-corrected chi connectivity index (χ3v) is 4.60. The molecule has 2 heteroatoms. The van der Waals surface area contributed by atoms with Crippen LogP contribution in [-0.4, -0.2) is 23.8 Å². The average Bonchev–Trinajstić information content (AvgIpc) is 2.47. The monoisotopic (exact) mass is 289 g/mol. The lowest BCUT2D eigenvalue weighted by molar-refractivity contribution is 0.194. The molecule has 1 fully saturated rings. The van der Waals surface area contributed by atoms with E-state index in [0.29, 0.717) is 6.04 Å². The first kappa shape index (κ1) is 16.5. The molecule has 2 rings (SSSR count). The molecular formula is C19H31NO. The van der Waals surface area contributed by atoms with Gasteiger partial charge in [-0.05, 0) is 43.1 Å². The summed E-state index contributed by atoms with van der Waals surface area (Å²) in [6.45, 7) is 4.87. The summed E-state index contributed by atoms with van der Waals surface area (Å²) in [6.07, 6.45) is 7.53. The molecule has 1 aromatic carbocycles. The predicted octanol–water partition coefficient (Wildman–Crippen LogP) is 3.78. The quantitative estimate of drug-likeness (QED) is 0.800. The Bertz CT molecular complexity index is 390. The van der Waals surface area contributed by atoms with Crippen molar-refractivity contribution in [1.29, 1.82) is 0 Å². The van der Waals surface area contributed by atoms with Gasteiger partial charge in [0.15, 0.2) is 0 Å². The fraction of sp³-hybridized carbons (Fsp3) is 0.684. The van der Waals surface area contributed by atoms with Crippen LogP contribution >= 0.6 is 0 Å². The Morgan fingerprint density at radius 1 is 1.19 bits per heavy atom. The summed E-state index contributed by atoms with van der Waals surface area (Å²) in [5.41, 5.74) is 1.30. The Morgan fingerprint density at radius 3 is 2.62 bits per heavy atom. The van der Waals surface area contributed by atoms with Gasteiger partial charge in [0.2, 0.25) is 0 Å². The number of aliphatic hydroxyl groups excluding tert-OH is 1. The van der Waals surface area contributed by atoms with Crippen LogP contribution in [0.3, 0.4) is 0 Å². The molecule has 2 N–H and O–H groups in total. The van der Waals surface area contributed by atoms with Crippen LogP contribution in [0.4, 0.5) is 0 Å². The van der Waals surface area contributed by atoms with E-state index in [0.717, 1.165) is 18.3 Å². The topological polar surface area (TPSA) is 32.3 Å². The van der Waals surface area contributed by atoms with E-state index in [1.807, 2.05) is 6.07 Å². The molecule has 1 aliphatic rings. The summed E-state index contributed by atoms with van der Waals surface area (Å²) in [5.74, 6) is 1.67. The van der Waals surface area contributed by atoms with E-state index >= 15 is 0 Å². The van der Waals surface area contributed by atoms with Crippen molar-refractivity contribution in [2.24, 2.45) is 11.8 Å². The number of aliphatic hydroxyl groups is 1. The van der Waals surface area contributed by atoms with Crippen LogP contribution in [0.5, 0.6) is 0 Å². The van der Waals surface area contributed by atoms with Crippen molar-refractivity contribution in [2.75, 3.05) is 6.61 Å². The first-order chi connectivity index (χ1) is 10.2. The van der Waals surface area contributed by atoms with E-state index in [1.165, 1.54) is 37.7 Å².